The summed E-state index contributed by atoms with van der Waals surface area (Å²) in [5.41, 5.74) is 0.728. The summed E-state index contributed by atoms with van der Waals surface area (Å²) in [6, 6.07) is 4.28. The highest BCUT2D eigenvalue weighted by Gasteiger charge is 2.28. The maximum Gasteiger partial charge on any atom is 0.254 e. The minimum atomic E-state index is 0.132. The zero-order chi connectivity index (χ0) is 13.9. The molecule has 0 bridgehead atoms. The molecule has 4 nitrogen and oxygen atoms in total. The van der Waals surface area contributed by atoms with Gasteiger partial charge in [0.2, 0.25) is 0 Å². The molecule has 2 fully saturated rings. The van der Waals surface area contributed by atoms with Crippen LogP contribution in [-0.4, -0.2) is 52.9 Å². The Labute approximate surface area is 128 Å². The summed E-state index contributed by atoms with van der Waals surface area (Å²) in [4.78, 5) is 21.1. The topological polar surface area (TPSA) is 36.4 Å². The van der Waals surface area contributed by atoms with Gasteiger partial charge in [-0.15, -0.1) is 0 Å². The number of halogens is 1. The first-order valence-electron chi connectivity index (χ1n) is 7.39. The van der Waals surface area contributed by atoms with E-state index in [1.54, 1.807) is 18.3 Å². The van der Waals surface area contributed by atoms with E-state index in [1.807, 2.05) is 4.90 Å². The number of aromatic nitrogens is 1. The largest absolute Gasteiger partial charge is 0.339 e. The molecule has 0 saturated carbocycles. The average Bonchev–Trinajstić information content (AvgIpc) is 3.01. The van der Waals surface area contributed by atoms with Gasteiger partial charge in [-0.05, 0) is 66.8 Å². The Morgan fingerprint density at radius 3 is 2.55 bits per heavy atom. The first-order chi connectivity index (χ1) is 9.74. The predicted molar refractivity (Wildman–Crippen MR) is 81.7 cm³/mol. The van der Waals surface area contributed by atoms with Crippen molar-refractivity contribution in [1.29, 1.82) is 0 Å². The Morgan fingerprint density at radius 2 is 1.90 bits per heavy atom. The van der Waals surface area contributed by atoms with Gasteiger partial charge in [0.15, 0.2) is 0 Å². The van der Waals surface area contributed by atoms with E-state index >= 15 is 0 Å². The van der Waals surface area contributed by atoms with Crippen molar-refractivity contribution in [3.63, 3.8) is 0 Å². The highest BCUT2D eigenvalue weighted by molar-refractivity contribution is 9.10. The van der Waals surface area contributed by atoms with Crippen molar-refractivity contribution in [2.45, 2.75) is 31.7 Å². The molecule has 1 aromatic heterocycles. The summed E-state index contributed by atoms with van der Waals surface area (Å²) in [5, 5.41) is 0. The van der Waals surface area contributed by atoms with Gasteiger partial charge >= 0.3 is 0 Å². The Bertz CT molecular complexity index is 480. The Balaban J connectivity index is 1.58. The number of hydrogen-bond acceptors (Lipinski definition) is 3. The fourth-order valence-electron chi connectivity index (χ4n) is 3.26. The molecule has 2 saturated heterocycles. The molecule has 0 radical (unpaired) electrons. The second kappa shape index (κ2) is 6.22. The molecule has 3 heterocycles. The quantitative estimate of drug-likeness (QED) is 0.778. The SMILES string of the molecule is O=C(c1ccnc(Br)c1)N1CCC(N2CCCC2)CC1. The van der Waals surface area contributed by atoms with Gasteiger partial charge in [0.25, 0.3) is 5.91 Å². The third kappa shape index (κ3) is 3.04. The van der Waals surface area contributed by atoms with Gasteiger partial charge in [-0.3, -0.25) is 4.79 Å². The normalized spacial score (nSPS) is 21.4. The molecule has 1 aromatic rings. The van der Waals surface area contributed by atoms with Crippen LogP contribution in [-0.2, 0) is 0 Å². The predicted octanol–water partition coefficient (Wildman–Crippen LogP) is 2.54. The zero-order valence-electron chi connectivity index (χ0n) is 11.6. The number of nitrogens with zero attached hydrogens (tertiary/aromatic N) is 3. The second-order valence-electron chi connectivity index (χ2n) is 5.63. The molecule has 0 atom stereocenters. The van der Waals surface area contributed by atoms with E-state index in [0.29, 0.717) is 6.04 Å². The van der Waals surface area contributed by atoms with E-state index in [0.717, 1.165) is 36.1 Å². The van der Waals surface area contributed by atoms with E-state index in [9.17, 15) is 4.79 Å². The molecule has 2 aliphatic rings. The van der Waals surface area contributed by atoms with Gasteiger partial charge in [-0.25, -0.2) is 4.98 Å². The lowest BCUT2D eigenvalue weighted by Crippen LogP contribution is -2.45. The number of carbonyl (C=O) groups is 1. The van der Waals surface area contributed by atoms with Crippen LogP contribution >= 0.6 is 15.9 Å². The molecule has 108 valence electrons. The van der Waals surface area contributed by atoms with Crippen LogP contribution in [0.5, 0.6) is 0 Å². The van der Waals surface area contributed by atoms with E-state index in [2.05, 4.69) is 25.8 Å². The molecule has 20 heavy (non-hydrogen) atoms. The van der Waals surface area contributed by atoms with Crippen LogP contribution in [0.15, 0.2) is 22.9 Å². The van der Waals surface area contributed by atoms with Crippen molar-refractivity contribution < 1.29 is 4.79 Å². The molecule has 1 amide bonds. The van der Waals surface area contributed by atoms with Crippen molar-refractivity contribution in [2.24, 2.45) is 0 Å². The van der Waals surface area contributed by atoms with Crippen LogP contribution in [0.2, 0.25) is 0 Å². The molecule has 5 heteroatoms. The third-order valence-corrected chi connectivity index (χ3v) is 4.82. The maximum atomic E-state index is 12.4. The van der Waals surface area contributed by atoms with Crippen molar-refractivity contribution in [2.75, 3.05) is 26.2 Å². The zero-order valence-corrected chi connectivity index (χ0v) is 13.2. The van der Waals surface area contributed by atoms with Gasteiger partial charge in [0.05, 0.1) is 0 Å². The van der Waals surface area contributed by atoms with Crippen LogP contribution in [0.3, 0.4) is 0 Å². The standard InChI is InChI=1S/C15H20BrN3O/c16-14-11-12(3-6-17-14)15(20)19-9-4-13(5-10-19)18-7-1-2-8-18/h3,6,11,13H,1-2,4-5,7-10H2. The number of likely N-dealkylation sites (tertiary alicyclic amines) is 2. The summed E-state index contributed by atoms with van der Waals surface area (Å²) in [6.07, 6.45) is 6.57. The van der Waals surface area contributed by atoms with Crippen molar-refractivity contribution in [3.05, 3.63) is 28.5 Å². The van der Waals surface area contributed by atoms with Crippen LogP contribution in [0, 0.1) is 0 Å². The van der Waals surface area contributed by atoms with Gasteiger partial charge in [0.1, 0.15) is 4.60 Å². The molecule has 0 spiro atoms. The summed E-state index contributed by atoms with van der Waals surface area (Å²) >= 11 is 3.32. The van der Waals surface area contributed by atoms with Crippen LogP contribution < -0.4 is 0 Å². The molecule has 3 rings (SSSR count). The van der Waals surface area contributed by atoms with Crippen molar-refractivity contribution in [1.82, 2.24) is 14.8 Å². The maximum absolute atomic E-state index is 12.4. The van der Waals surface area contributed by atoms with E-state index in [1.165, 1.54) is 25.9 Å². The summed E-state index contributed by atoms with van der Waals surface area (Å²) in [7, 11) is 0. The highest BCUT2D eigenvalue weighted by Crippen LogP contribution is 2.22. The Morgan fingerprint density at radius 1 is 1.20 bits per heavy atom. The van der Waals surface area contributed by atoms with Crippen LogP contribution in [0.25, 0.3) is 0 Å². The summed E-state index contributed by atoms with van der Waals surface area (Å²) in [5.74, 6) is 0.132. The van der Waals surface area contributed by atoms with Gasteiger partial charge < -0.3 is 9.80 Å². The van der Waals surface area contributed by atoms with E-state index < -0.39 is 0 Å². The number of amides is 1. The van der Waals surface area contributed by atoms with Crippen molar-refractivity contribution in [3.8, 4) is 0 Å². The Hall–Kier alpha value is -0.940. The minimum Gasteiger partial charge on any atom is -0.339 e. The molecule has 0 aromatic carbocycles. The van der Waals surface area contributed by atoms with Crippen molar-refractivity contribution >= 4 is 21.8 Å². The molecule has 2 aliphatic heterocycles. The van der Waals surface area contributed by atoms with Crippen LogP contribution in [0.4, 0.5) is 0 Å². The molecule has 0 N–H and O–H groups in total. The molecular formula is C15H20BrN3O. The first kappa shape index (κ1) is 14.0. The lowest BCUT2D eigenvalue weighted by Gasteiger charge is -2.36. The van der Waals surface area contributed by atoms with Gasteiger partial charge in [-0.1, -0.05) is 0 Å². The van der Waals surface area contributed by atoms with E-state index in [-0.39, 0.29) is 5.91 Å². The molecule has 0 unspecified atom stereocenters. The first-order valence-corrected chi connectivity index (χ1v) is 8.18. The van der Waals surface area contributed by atoms with Crippen LogP contribution in [0.1, 0.15) is 36.0 Å². The molecule has 0 aliphatic carbocycles. The fraction of sp³-hybridized carbons (Fsp3) is 0.600. The number of hydrogen-bond donors (Lipinski definition) is 0. The lowest BCUT2D eigenvalue weighted by molar-refractivity contribution is 0.0644. The van der Waals surface area contributed by atoms with E-state index in [4.69, 9.17) is 0 Å². The van der Waals surface area contributed by atoms with Gasteiger partial charge in [0, 0.05) is 30.9 Å². The third-order valence-electron chi connectivity index (χ3n) is 4.38. The minimum absolute atomic E-state index is 0.132. The lowest BCUT2D eigenvalue weighted by atomic mass is 10.0. The number of carbonyl (C=O) groups excluding carboxylic acids is 1. The number of pyridine rings is 1. The molecular weight excluding hydrogens is 318 g/mol. The summed E-state index contributed by atoms with van der Waals surface area (Å²) in [6.45, 7) is 4.24. The average molecular weight is 338 g/mol. The number of piperidine rings is 1. The highest BCUT2D eigenvalue weighted by atomic mass is 79.9. The fourth-order valence-corrected chi connectivity index (χ4v) is 3.62. The summed E-state index contributed by atoms with van der Waals surface area (Å²) < 4.78 is 0.718. The number of rotatable bonds is 2. The monoisotopic (exact) mass is 337 g/mol. The second-order valence-corrected chi connectivity index (χ2v) is 6.45. The Kier molecular flexibility index (Phi) is 4.36. The van der Waals surface area contributed by atoms with Gasteiger partial charge in [-0.2, -0.15) is 0 Å². The smallest absolute Gasteiger partial charge is 0.254 e.